The Kier molecular flexibility index (Phi) is 48.0. The zero-order valence-corrected chi connectivity index (χ0v) is 39.3. The maximum atomic E-state index is 3.84. The highest BCUT2D eigenvalue weighted by molar-refractivity contribution is 4.84. The molecule has 0 heteroatoms. The van der Waals surface area contributed by atoms with E-state index in [-0.39, 0.29) is 0 Å². The molecular weight excluding hydrogens is 601 g/mol. The van der Waals surface area contributed by atoms with Crippen molar-refractivity contribution < 1.29 is 0 Å². The van der Waals surface area contributed by atoms with Crippen molar-refractivity contribution in [3.63, 3.8) is 0 Å². The van der Waals surface area contributed by atoms with Crippen LogP contribution >= 0.6 is 0 Å². The van der Waals surface area contributed by atoms with Crippen LogP contribution in [0.2, 0.25) is 0 Å². The minimum Gasteiger partial charge on any atom is -0.103 e. The van der Waals surface area contributed by atoms with E-state index in [0.717, 1.165) is 65.1 Å². The largest absolute Gasteiger partial charge is 0.103 e. The lowest BCUT2D eigenvalue weighted by Crippen LogP contribution is -2.10. The van der Waals surface area contributed by atoms with E-state index >= 15 is 0 Å². The Morgan fingerprint density at radius 1 is 0.380 bits per heavy atom. The molecule has 0 aliphatic heterocycles. The van der Waals surface area contributed by atoms with Gasteiger partial charge in [-0.2, -0.15) is 0 Å². The average molecular weight is 705 g/mol. The highest BCUT2D eigenvalue weighted by atomic mass is 14.2. The van der Waals surface area contributed by atoms with Crippen LogP contribution in [0.3, 0.4) is 0 Å². The Bertz CT molecular complexity index is 619. The summed E-state index contributed by atoms with van der Waals surface area (Å²) in [6, 6.07) is 0. The minimum atomic E-state index is 0.708. The number of rotatable bonds is 21. The second-order valence-electron chi connectivity index (χ2n) is 19.3. The highest BCUT2D eigenvalue weighted by Gasteiger charge is 2.12. The van der Waals surface area contributed by atoms with E-state index in [4.69, 9.17) is 0 Å². The van der Waals surface area contributed by atoms with E-state index in [1.54, 1.807) is 0 Å². The van der Waals surface area contributed by atoms with E-state index in [0.29, 0.717) is 5.92 Å². The Morgan fingerprint density at radius 3 is 0.800 bits per heavy atom. The molecule has 0 aromatic carbocycles. The molecule has 50 heavy (non-hydrogen) atoms. The van der Waals surface area contributed by atoms with Gasteiger partial charge in [0.05, 0.1) is 0 Å². The fraction of sp³-hybridized carbons (Fsp3) is 0.880. The first-order valence-electron chi connectivity index (χ1n) is 22.0. The topological polar surface area (TPSA) is 0 Å². The van der Waals surface area contributed by atoms with Gasteiger partial charge < -0.3 is 0 Å². The molecule has 0 saturated heterocycles. The van der Waals surface area contributed by atoms with Crippen LogP contribution in [0.1, 0.15) is 216 Å². The highest BCUT2D eigenvalue weighted by Crippen LogP contribution is 2.23. The molecule has 0 rings (SSSR count). The van der Waals surface area contributed by atoms with E-state index in [1.807, 2.05) is 0 Å². The van der Waals surface area contributed by atoms with E-state index in [2.05, 4.69) is 182 Å². The molecule has 0 aromatic heterocycles. The molecular formula is C50H104. The fourth-order valence-electron chi connectivity index (χ4n) is 5.28. The van der Waals surface area contributed by atoms with Gasteiger partial charge in [-0.3, -0.25) is 0 Å². The fourth-order valence-corrected chi connectivity index (χ4v) is 5.28. The predicted molar refractivity (Wildman–Crippen MR) is 240 cm³/mol. The molecule has 2 unspecified atom stereocenters. The van der Waals surface area contributed by atoms with Crippen molar-refractivity contribution in [1.29, 1.82) is 0 Å². The van der Waals surface area contributed by atoms with Crippen LogP contribution in [-0.4, -0.2) is 0 Å². The van der Waals surface area contributed by atoms with Gasteiger partial charge in [-0.1, -0.05) is 208 Å². The van der Waals surface area contributed by atoms with Crippen molar-refractivity contribution in [2.24, 2.45) is 71.0 Å². The normalized spacial score (nSPS) is 12.9. The third-order valence-corrected chi connectivity index (χ3v) is 8.72. The van der Waals surface area contributed by atoms with Gasteiger partial charge in [-0.25, -0.2) is 0 Å². The smallest absolute Gasteiger partial charge is 0.0211 e. The van der Waals surface area contributed by atoms with Gasteiger partial charge in [0.2, 0.25) is 0 Å². The molecule has 0 aliphatic carbocycles. The predicted octanol–water partition coefficient (Wildman–Crippen LogP) is 18.3. The molecule has 0 saturated carbocycles. The molecule has 0 aliphatic rings. The maximum absolute atomic E-state index is 3.84. The van der Waals surface area contributed by atoms with Gasteiger partial charge >= 0.3 is 0 Å². The summed E-state index contributed by atoms with van der Waals surface area (Å²) >= 11 is 0. The first kappa shape index (κ1) is 58.5. The zero-order chi connectivity index (χ0) is 40.2. The lowest BCUT2D eigenvalue weighted by atomic mass is 9.86. The Morgan fingerprint density at radius 2 is 0.680 bits per heavy atom. The summed E-state index contributed by atoms with van der Waals surface area (Å²) in [5.41, 5.74) is 0. The van der Waals surface area contributed by atoms with Crippen molar-refractivity contribution in [1.82, 2.24) is 0 Å². The zero-order valence-electron chi connectivity index (χ0n) is 39.3. The standard InChI is InChI=1S/C10H22.2C10H20.C10H22.C10H20/c3*1-9(2)7-5-6-8-10(3)4;2*1-6-10(9(4)5)7-8(2)3/h9-10H,5-8H2,1-4H3;2*5-6,9-10H,7-8H2,1-4H3;8-10H,6-7H2,1-5H3;6,8-10H,1,7H2,2-5H3/b;6-5+;6-5-;;. The molecule has 0 nitrogen and oxygen atoms in total. The SMILES string of the molecule is C=CC(CC(C)C)C(C)C.CC(C)C/C=C/CC(C)C.CC(C)C/C=C\CC(C)C.CC(C)CCCCC(C)C.CCC(CC(C)C)C(C)C. The van der Waals surface area contributed by atoms with Crippen molar-refractivity contribution in [2.45, 2.75) is 216 Å². The average Bonchev–Trinajstić information content (AvgIpc) is 2.97. The van der Waals surface area contributed by atoms with Crippen LogP contribution in [0.25, 0.3) is 0 Å². The summed E-state index contributed by atoms with van der Waals surface area (Å²) in [4.78, 5) is 0. The summed E-state index contributed by atoms with van der Waals surface area (Å²) in [6.07, 6.45) is 25.9. The van der Waals surface area contributed by atoms with Crippen LogP contribution in [0.4, 0.5) is 0 Å². The molecule has 0 amide bonds. The molecule has 0 N–H and O–H groups in total. The van der Waals surface area contributed by atoms with Gasteiger partial charge in [0.15, 0.2) is 0 Å². The summed E-state index contributed by atoms with van der Waals surface area (Å²) in [7, 11) is 0. The summed E-state index contributed by atoms with van der Waals surface area (Å²) in [6.45, 7) is 51.7. The van der Waals surface area contributed by atoms with Gasteiger partial charge in [0.25, 0.3) is 0 Å². The summed E-state index contributed by atoms with van der Waals surface area (Å²) in [5, 5.41) is 0. The van der Waals surface area contributed by atoms with Gasteiger partial charge in [0.1, 0.15) is 0 Å². The van der Waals surface area contributed by atoms with Crippen LogP contribution in [0, 0.1) is 71.0 Å². The molecule has 0 spiro atoms. The first-order chi connectivity index (χ1) is 23.0. The quantitative estimate of drug-likeness (QED) is 0.0824. The lowest BCUT2D eigenvalue weighted by Gasteiger charge is -2.20. The van der Waals surface area contributed by atoms with Gasteiger partial charge in [0, 0.05) is 0 Å². The summed E-state index contributed by atoms with van der Waals surface area (Å²) in [5.74, 6) is 9.96. The number of allylic oxidation sites excluding steroid dienone is 5. The van der Waals surface area contributed by atoms with Crippen LogP contribution in [-0.2, 0) is 0 Å². The molecule has 0 aromatic rings. The van der Waals surface area contributed by atoms with Crippen LogP contribution < -0.4 is 0 Å². The Balaban J connectivity index is -0.000000169. The van der Waals surface area contributed by atoms with Crippen molar-refractivity contribution in [3.05, 3.63) is 37.0 Å². The number of hydrogen-bond donors (Lipinski definition) is 0. The maximum Gasteiger partial charge on any atom is -0.0211 e. The third kappa shape index (κ3) is 62.4. The van der Waals surface area contributed by atoms with Crippen molar-refractivity contribution in [3.8, 4) is 0 Å². The third-order valence-electron chi connectivity index (χ3n) is 8.72. The lowest BCUT2D eigenvalue weighted by molar-refractivity contribution is 0.308. The summed E-state index contributed by atoms with van der Waals surface area (Å²) < 4.78 is 0. The Hall–Kier alpha value is -0.780. The molecule has 0 radical (unpaired) electrons. The molecule has 304 valence electrons. The van der Waals surface area contributed by atoms with Gasteiger partial charge in [-0.15, -0.1) is 6.58 Å². The molecule has 0 bridgehead atoms. The Labute approximate surface area is 323 Å². The first-order valence-corrected chi connectivity index (χ1v) is 22.0. The van der Waals surface area contributed by atoms with Crippen molar-refractivity contribution >= 4 is 0 Å². The second kappa shape index (κ2) is 41.0. The molecule has 2 atom stereocenters. The minimum absolute atomic E-state index is 0.708. The monoisotopic (exact) mass is 705 g/mol. The number of unbranched alkanes of at least 4 members (excludes halogenated alkanes) is 1. The molecule has 0 heterocycles. The van der Waals surface area contributed by atoms with Crippen LogP contribution in [0.5, 0.6) is 0 Å². The van der Waals surface area contributed by atoms with E-state index in [9.17, 15) is 0 Å². The van der Waals surface area contributed by atoms with Crippen molar-refractivity contribution in [2.75, 3.05) is 0 Å². The number of hydrogen-bond acceptors (Lipinski definition) is 0. The van der Waals surface area contributed by atoms with E-state index < -0.39 is 0 Å². The molecule has 0 fully saturated rings. The van der Waals surface area contributed by atoms with Crippen LogP contribution in [0.15, 0.2) is 37.0 Å². The van der Waals surface area contributed by atoms with Gasteiger partial charge in [-0.05, 0) is 110 Å². The second-order valence-corrected chi connectivity index (χ2v) is 19.3. The van der Waals surface area contributed by atoms with E-state index in [1.165, 1.54) is 70.6 Å².